The molecule has 232 valence electrons. The molecule has 1 fully saturated rings. The Labute approximate surface area is 260 Å². The highest BCUT2D eigenvalue weighted by Crippen LogP contribution is 2.31. The number of hydrogen-bond donors (Lipinski definition) is 0. The SMILES string of the molecule is CO[C@@H]1O[C@H](COCc2ccccc2)[C@@H](OCc2ccccc2)[C@H](OCc2ccccc2)[C@@H](OCc2ccccc2)[C@H]1OC. The molecule has 44 heavy (non-hydrogen) atoms. The third kappa shape index (κ3) is 9.06. The van der Waals surface area contributed by atoms with Gasteiger partial charge in [0.25, 0.3) is 0 Å². The van der Waals surface area contributed by atoms with E-state index < -0.39 is 36.8 Å². The van der Waals surface area contributed by atoms with Gasteiger partial charge in [0.2, 0.25) is 0 Å². The first-order chi connectivity index (χ1) is 21.7. The van der Waals surface area contributed by atoms with Crippen LogP contribution >= 0.6 is 0 Å². The zero-order valence-electron chi connectivity index (χ0n) is 25.4. The van der Waals surface area contributed by atoms with Crippen LogP contribution < -0.4 is 0 Å². The lowest BCUT2D eigenvalue weighted by Crippen LogP contribution is -2.52. The summed E-state index contributed by atoms with van der Waals surface area (Å²) in [5, 5.41) is 0. The van der Waals surface area contributed by atoms with Gasteiger partial charge in [0.15, 0.2) is 6.29 Å². The van der Waals surface area contributed by atoms with Crippen LogP contribution in [0.15, 0.2) is 121 Å². The van der Waals surface area contributed by atoms with Crippen molar-refractivity contribution >= 4 is 0 Å². The maximum absolute atomic E-state index is 6.75. The molecule has 1 heterocycles. The van der Waals surface area contributed by atoms with Crippen LogP contribution in [0, 0.1) is 0 Å². The average molecular weight is 599 g/mol. The molecular weight excluding hydrogens is 556 g/mol. The van der Waals surface area contributed by atoms with E-state index in [4.69, 9.17) is 33.2 Å². The Morgan fingerprint density at radius 3 is 1.25 bits per heavy atom. The third-order valence-corrected chi connectivity index (χ3v) is 7.67. The van der Waals surface area contributed by atoms with Gasteiger partial charge in [-0.05, 0) is 22.3 Å². The number of methoxy groups -OCH3 is 2. The summed E-state index contributed by atoms with van der Waals surface area (Å²) in [6.45, 7) is 1.75. The molecule has 1 saturated heterocycles. The first-order valence-corrected chi connectivity index (χ1v) is 15.0. The molecule has 7 heteroatoms. The van der Waals surface area contributed by atoms with Gasteiger partial charge in [-0.2, -0.15) is 0 Å². The van der Waals surface area contributed by atoms with Crippen LogP contribution in [0.4, 0.5) is 0 Å². The van der Waals surface area contributed by atoms with Crippen molar-refractivity contribution in [1.82, 2.24) is 0 Å². The van der Waals surface area contributed by atoms with Crippen molar-refractivity contribution < 1.29 is 33.2 Å². The molecule has 0 aromatic heterocycles. The minimum absolute atomic E-state index is 0.251. The van der Waals surface area contributed by atoms with Crippen molar-refractivity contribution in [3.8, 4) is 0 Å². The number of rotatable bonds is 15. The quantitative estimate of drug-likeness (QED) is 0.158. The topological polar surface area (TPSA) is 64.6 Å². The zero-order chi connectivity index (χ0) is 30.4. The fraction of sp³-hybridized carbons (Fsp3) is 0.351. The van der Waals surface area contributed by atoms with Crippen molar-refractivity contribution in [1.29, 1.82) is 0 Å². The van der Waals surface area contributed by atoms with Crippen LogP contribution in [0.1, 0.15) is 22.3 Å². The lowest BCUT2D eigenvalue weighted by Gasteiger charge is -2.36. The molecule has 6 atom stereocenters. The molecule has 1 aliphatic rings. The summed E-state index contributed by atoms with van der Waals surface area (Å²) >= 11 is 0. The molecule has 4 aromatic rings. The minimum atomic E-state index is -0.751. The molecule has 0 unspecified atom stereocenters. The lowest BCUT2D eigenvalue weighted by atomic mass is 9.99. The van der Waals surface area contributed by atoms with E-state index >= 15 is 0 Å². The van der Waals surface area contributed by atoms with E-state index in [1.807, 2.05) is 121 Å². The average Bonchev–Trinajstić information content (AvgIpc) is 3.20. The molecule has 0 bridgehead atoms. The Balaban J connectivity index is 1.47. The van der Waals surface area contributed by atoms with E-state index in [9.17, 15) is 0 Å². The molecule has 0 spiro atoms. The van der Waals surface area contributed by atoms with Crippen LogP contribution in [0.3, 0.4) is 0 Å². The van der Waals surface area contributed by atoms with Gasteiger partial charge >= 0.3 is 0 Å². The van der Waals surface area contributed by atoms with Gasteiger partial charge in [-0.15, -0.1) is 0 Å². The molecule has 4 aromatic carbocycles. The van der Waals surface area contributed by atoms with Crippen molar-refractivity contribution in [2.45, 2.75) is 63.2 Å². The van der Waals surface area contributed by atoms with Crippen LogP contribution in [0.25, 0.3) is 0 Å². The van der Waals surface area contributed by atoms with Gasteiger partial charge in [0.1, 0.15) is 30.5 Å². The van der Waals surface area contributed by atoms with Crippen LogP contribution in [0.5, 0.6) is 0 Å². The van der Waals surface area contributed by atoms with Gasteiger partial charge in [-0.1, -0.05) is 121 Å². The van der Waals surface area contributed by atoms with Crippen molar-refractivity contribution in [3.05, 3.63) is 144 Å². The van der Waals surface area contributed by atoms with Crippen molar-refractivity contribution in [2.75, 3.05) is 20.8 Å². The first-order valence-electron chi connectivity index (χ1n) is 15.0. The Kier molecular flexibility index (Phi) is 12.5. The standard InChI is InChI=1S/C37H42O7/c1-38-36-35(43-26-31-21-13-6-14-22-31)34(42-25-30-19-11-5-12-20-30)33(41-24-29-17-9-4-10-18-29)32(44-37(36)39-2)27-40-23-28-15-7-3-8-16-28/h3-22,32-37H,23-27H2,1-2H3/t32-,33-,34+,35-,36-,37-/m1/s1. The predicted octanol–water partition coefficient (Wildman–Crippen LogP) is 6.35. The van der Waals surface area contributed by atoms with Crippen LogP contribution in [-0.2, 0) is 59.6 Å². The summed E-state index contributed by atoms with van der Waals surface area (Å²) in [5.74, 6) is 0. The molecule has 0 N–H and O–H groups in total. The summed E-state index contributed by atoms with van der Waals surface area (Å²) in [6, 6.07) is 40.3. The molecule has 5 rings (SSSR count). The summed E-state index contributed by atoms with van der Waals surface area (Å²) in [6.07, 6.45) is -3.65. The molecular formula is C37H42O7. The Morgan fingerprint density at radius 2 is 0.841 bits per heavy atom. The van der Waals surface area contributed by atoms with Gasteiger partial charge < -0.3 is 33.2 Å². The van der Waals surface area contributed by atoms with E-state index in [1.54, 1.807) is 14.2 Å². The van der Waals surface area contributed by atoms with Gasteiger partial charge in [0, 0.05) is 14.2 Å². The predicted molar refractivity (Wildman–Crippen MR) is 168 cm³/mol. The fourth-order valence-corrected chi connectivity index (χ4v) is 5.39. The van der Waals surface area contributed by atoms with Crippen molar-refractivity contribution in [3.63, 3.8) is 0 Å². The fourth-order valence-electron chi connectivity index (χ4n) is 5.39. The van der Waals surface area contributed by atoms with Crippen LogP contribution in [0.2, 0.25) is 0 Å². The van der Waals surface area contributed by atoms with Crippen molar-refractivity contribution in [2.24, 2.45) is 0 Å². The Bertz CT molecular complexity index is 1320. The molecule has 0 radical (unpaired) electrons. The minimum Gasteiger partial charge on any atom is -0.374 e. The highest BCUT2D eigenvalue weighted by atomic mass is 16.7. The molecule has 0 aliphatic carbocycles. The second-order valence-electron chi connectivity index (χ2n) is 10.8. The second kappa shape index (κ2) is 17.2. The van der Waals surface area contributed by atoms with E-state index in [1.165, 1.54) is 0 Å². The van der Waals surface area contributed by atoms with Gasteiger partial charge in [-0.25, -0.2) is 0 Å². The smallest absolute Gasteiger partial charge is 0.186 e. The maximum Gasteiger partial charge on any atom is 0.186 e. The Morgan fingerprint density at radius 1 is 0.455 bits per heavy atom. The highest BCUT2D eigenvalue weighted by Gasteiger charge is 2.49. The number of benzene rings is 4. The summed E-state index contributed by atoms with van der Waals surface area (Å²) < 4.78 is 44.9. The first kappa shape index (κ1) is 32.0. The lowest BCUT2D eigenvalue weighted by molar-refractivity contribution is -0.237. The summed E-state index contributed by atoms with van der Waals surface area (Å²) in [7, 11) is 3.25. The van der Waals surface area contributed by atoms with Crippen LogP contribution in [-0.4, -0.2) is 57.6 Å². The molecule has 0 amide bonds. The Hall–Kier alpha value is -3.40. The number of hydrogen-bond acceptors (Lipinski definition) is 7. The second-order valence-corrected chi connectivity index (χ2v) is 10.8. The summed E-state index contributed by atoms with van der Waals surface area (Å²) in [5.41, 5.74) is 4.18. The van der Waals surface area contributed by atoms with Gasteiger partial charge in [-0.3, -0.25) is 0 Å². The monoisotopic (exact) mass is 598 g/mol. The molecule has 1 aliphatic heterocycles. The normalized spacial score (nSPS) is 23.7. The van der Waals surface area contributed by atoms with E-state index in [-0.39, 0.29) is 6.61 Å². The highest BCUT2D eigenvalue weighted by molar-refractivity contribution is 5.16. The summed E-state index contributed by atoms with van der Waals surface area (Å²) in [4.78, 5) is 0. The van der Waals surface area contributed by atoms with E-state index in [0.717, 1.165) is 22.3 Å². The van der Waals surface area contributed by atoms with E-state index in [2.05, 4.69) is 0 Å². The molecule has 7 nitrogen and oxygen atoms in total. The number of ether oxygens (including phenoxy) is 7. The zero-order valence-corrected chi connectivity index (χ0v) is 25.4. The van der Waals surface area contributed by atoms with E-state index in [0.29, 0.717) is 26.4 Å². The molecule has 0 saturated carbocycles. The largest absolute Gasteiger partial charge is 0.374 e. The third-order valence-electron chi connectivity index (χ3n) is 7.67. The maximum atomic E-state index is 6.75. The van der Waals surface area contributed by atoms with Gasteiger partial charge in [0.05, 0.1) is 33.0 Å².